The quantitative estimate of drug-likeness (QED) is 0.862. The average Bonchev–Trinajstić information content (AvgIpc) is 2.39. The first kappa shape index (κ1) is 13.5. The minimum atomic E-state index is -0.523. The van der Waals surface area contributed by atoms with Crippen LogP contribution < -0.4 is 0 Å². The second-order valence-corrected chi connectivity index (χ2v) is 5.22. The molecule has 0 atom stereocenters. The van der Waals surface area contributed by atoms with Crippen molar-refractivity contribution in [3.05, 3.63) is 35.9 Å². The van der Waals surface area contributed by atoms with Gasteiger partial charge < -0.3 is 14.7 Å². The van der Waals surface area contributed by atoms with Gasteiger partial charge in [-0.2, -0.15) is 0 Å². The summed E-state index contributed by atoms with van der Waals surface area (Å²) in [6.45, 7) is 3.68. The lowest BCUT2D eigenvalue weighted by atomic mass is 9.85. The summed E-state index contributed by atoms with van der Waals surface area (Å²) in [7, 11) is 1.73. The first-order chi connectivity index (χ1) is 8.72. The molecule has 1 aromatic carbocycles. The van der Waals surface area contributed by atoms with Gasteiger partial charge in [0.2, 0.25) is 0 Å². The molecule has 1 fully saturated rings. The third-order valence-corrected chi connectivity index (χ3v) is 3.77. The molecule has 0 amide bonds. The second kappa shape index (κ2) is 6.32. The largest absolute Gasteiger partial charge is 0.389 e. The van der Waals surface area contributed by atoms with E-state index in [-0.39, 0.29) is 0 Å². The number of piperidine rings is 1. The van der Waals surface area contributed by atoms with E-state index in [9.17, 15) is 5.11 Å². The van der Waals surface area contributed by atoms with Gasteiger partial charge in [0.05, 0.1) is 12.2 Å². The highest BCUT2D eigenvalue weighted by molar-refractivity contribution is 5.17. The van der Waals surface area contributed by atoms with Crippen molar-refractivity contribution in [2.45, 2.75) is 24.9 Å². The maximum absolute atomic E-state index is 10.6. The maximum Gasteiger partial charge on any atom is 0.0712 e. The van der Waals surface area contributed by atoms with Crippen LogP contribution in [0.4, 0.5) is 0 Å². The summed E-state index contributed by atoms with van der Waals surface area (Å²) in [4.78, 5) is 2.36. The van der Waals surface area contributed by atoms with Crippen LogP contribution >= 0.6 is 0 Å². The van der Waals surface area contributed by atoms with Gasteiger partial charge in [0.1, 0.15) is 0 Å². The highest BCUT2D eigenvalue weighted by atomic mass is 16.5. The van der Waals surface area contributed by atoms with Crippen LogP contribution in [-0.2, 0) is 11.2 Å². The molecule has 0 unspecified atom stereocenters. The minimum absolute atomic E-state index is 0.523. The summed E-state index contributed by atoms with van der Waals surface area (Å²) in [6, 6.07) is 10.3. The fraction of sp³-hybridized carbons (Fsp3) is 0.600. The standard InChI is InChI=1S/C15H23NO2/c1-18-12-11-16-9-7-15(17,8-10-16)13-14-5-3-2-4-6-14/h2-6,17H,7-13H2,1H3. The van der Waals surface area contributed by atoms with Crippen LogP contribution in [0.2, 0.25) is 0 Å². The lowest BCUT2D eigenvalue weighted by Crippen LogP contribution is -2.46. The fourth-order valence-electron chi connectivity index (χ4n) is 2.57. The number of benzene rings is 1. The van der Waals surface area contributed by atoms with Crippen molar-refractivity contribution in [1.82, 2.24) is 4.90 Å². The molecule has 0 spiro atoms. The zero-order chi connectivity index (χ0) is 12.8. The van der Waals surface area contributed by atoms with E-state index in [4.69, 9.17) is 4.74 Å². The first-order valence-corrected chi connectivity index (χ1v) is 6.69. The van der Waals surface area contributed by atoms with Gasteiger partial charge in [0.25, 0.3) is 0 Å². The van der Waals surface area contributed by atoms with Crippen LogP contribution in [0.25, 0.3) is 0 Å². The van der Waals surface area contributed by atoms with Gasteiger partial charge in [-0.1, -0.05) is 30.3 Å². The van der Waals surface area contributed by atoms with Crippen LogP contribution in [0.5, 0.6) is 0 Å². The number of rotatable bonds is 5. The molecule has 1 saturated heterocycles. The molecule has 1 heterocycles. The molecule has 1 aliphatic rings. The van der Waals surface area contributed by atoms with E-state index in [0.29, 0.717) is 0 Å². The molecule has 3 heteroatoms. The Kier molecular flexibility index (Phi) is 4.75. The van der Waals surface area contributed by atoms with Gasteiger partial charge in [0.15, 0.2) is 0 Å². The van der Waals surface area contributed by atoms with Crippen molar-refractivity contribution in [3.8, 4) is 0 Å². The van der Waals surface area contributed by atoms with E-state index < -0.39 is 5.60 Å². The van der Waals surface area contributed by atoms with Gasteiger partial charge >= 0.3 is 0 Å². The van der Waals surface area contributed by atoms with E-state index in [2.05, 4.69) is 17.0 Å². The highest BCUT2D eigenvalue weighted by Gasteiger charge is 2.31. The predicted octanol–water partition coefficient (Wildman–Crippen LogP) is 1.70. The number of hydrogen-bond donors (Lipinski definition) is 1. The molecule has 18 heavy (non-hydrogen) atoms. The number of ether oxygens (including phenoxy) is 1. The van der Waals surface area contributed by atoms with Crippen molar-refractivity contribution in [3.63, 3.8) is 0 Å². The smallest absolute Gasteiger partial charge is 0.0712 e. The Hall–Kier alpha value is -0.900. The number of nitrogens with zero attached hydrogens (tertiary/aromatic N) is 1. The molecular formula is C15H23NO2. The normalized spacial score (nSPS) is 19.9. The molecular weight excluding hydrogens is 226 g/mol. The van der Waals surface area contributed by atoms with Gasteiger partial charge in [-0.25, -0.2) is 0 Å². The number of methoxy groups -OCH3 is 1. The predicted molar refractivity (Wildman–Crippen MR) is 72.6 cm³/mol. The summed E-state index contributed by atoms with van der Waals surface area (Å²) >= 11 is 0. The number of likely N-dealkylation sites (tertiary alicyclic amines) is 1. The summed E-state index contributed by atoms with van der Waals surface area (Å²) in [5.74, 6) is 0. The summed E-state index contributed by atoms with van der Waals surface area (Å²) < 4.78 is 5.09. The molecule has 0 radical (unpaired) electrons. The third-order valence-electron chi connectivity index (χ3n) is 3.77. The minimum Gasteiger partial charge on any atom is -0.389 e. The van der Waals surface area contributed by atoms with Crippen LogP contribution in [0.15, 0.2) is 30.3 Å². The van der Waals surface area contributed by atoms with E-state index in [1.807, 2.05) is 18.2 Å². The monoisotopic (exact) mass is 249 g/mol. The molecule has 1 aromatic rings. The Labute approximate surface area is 109 Å². The summed E-state index contributed by atoms with van der Waals surface area (Å²) in [5.41, 5.74) is 0.704. The SMILES string of the molecule is COCCN1CCC(O)(Cc2ccccc2)CC1. The first-order valence-electron chi connectivity index (χ1n) is 6.69. The van der Waals surface area contributed by atoms with E-state index in [1.54, 1.807) is 7.11 Å². The molecule has 0 aliphatic carbocycles. The maximum atomic E-state index is 10.6. The molecule has 0 aromatic heterocycles. The van der Waals surface area contributed by atoms with Crippen molar-refractivity contribution >= 4 is 0 Å². The van der Waals surface area contributed by atoms with Gasteiger partial charge in [-0.15, -0.1) is 0 Å². The molecule has 100 valence electrons. The molecule has 3 nitrogen and oxygen atoms in total. The van der Waals surface area contributed by atoms with Crippen LogP contribution in [-0.4, -0.2) is 49.0 Å². The lowest BCUT2D eigenvalue weighted by Gasteiger charge is -2.38. The summed E-state index contributed by atoms with van der Waals surface area (Å²) in [6.07, 6.45) is 2.48. The Morgan fingerprint density at radius 3 is 2.50 bits per heavy atom. The highest BCUT2D eigenvalue weighted by Crippen LogP contribution is 2.26. The van der Waals surface area contributed by atoms with Gasteiger partial charge in [-0.3, -0.25) is 0 Å². The zero-order valence-electron chi connectivity index (χ0n) is 11.1. The van der Waals surface area contributed by atoms with Crippen LogP contribution in [0.1, 0.15) is 18.4 Å². The fourth-order valence-corrected chi connectivity index (χ4v) is 2.57. The Morgan fingerprint density at radius 2 is 1.89 bits per heavy atom. The molecule has 2 rings (SSSR count). The van der Waals surface area contributed by atoms with Crippen molar-refractivity contribution in [2.24, 2.45) is 0 Å². The molecule has 0 saturated carbocycles. The van der Waals surface area contributed by atoms with Crippen molar-refractivity contribution in [1.29, 1.82) is 0 Å². The zero-order valence-corrected chi connectivity index (χ0v) is 11.1. The molecule has 1 aliphatic heterocycles. The number of aliphatic hydroxyl groups is 1. The third kappa shape index (κ3) is 3.80. The lowest BCUT2D eigenvalue weighted by molar-refractivity contribution is -0.0245. The van der Waals surface area contributed by atoms with Crippen molar-refractivity contribution < 1.29 is 9.84 Å². The number of hydrogen-bond acceptors (Lipinski definition) is 3. The Morgan fingerprint density at radius 1 is 1.22 bits per heavy atom. The van der Waals surface area contributed by atoms with E-state index in [1.165, 1.54) is 5.56 Å². The van der Waals surface area contributed by atoms with E-state index in [0.717, 1.165) is 45.5 Å². The van der Waals surface area contributed by atoms with Gasteiger partial charge in [-0.05, 0) is 18.4 Å². The average molecular weight is 249 g/mol. The van der Waals surface area contributed by atoms with Crippen molar-refractivity contribution in [2.75, 3.05) is 33.4 Å². The Bertz CT molecular complexity index is 345. The topological polar surface area (TPSA) is 32.7 Å². The van der Waals surface area contributed by atoms with Crippen LogP contribution in [0.3, 0.4) is 0 Å². The van der Waals surface area contributed by atoms with E-state index >= 15 is 0 Å². The summed E-state index contributed by atoms with van der Waals surface area (Å²) in [5, 5.41) is 10.6. The van der Waals surface area contributed by atoms with Gasteiger partial charge in [0, 0.05) is 33.2 Å². The Balaban J connectivity index is 1.83. The molecule has 1 N–H and O–H groups in total. The van der Waals surface area contributed by atoms with Crippen LogP contribution in [0, 0.1) is 0 Å². The second-order valence-electron chi connectivity index (χ2n) is 5.22. The molecule has 0 bridgehead atoms.